The molecule has 0 radical (unpaired) electrons. The smallest absolute Gasteiger partial charge is 0.303 e. The first-order valence-electron chi connectivity index (χ1n) is 9.39. The van der Waals surface area contributed by atoms with Crippen molar-refractivity contribution in [3.8, 4) is 0 Å². The Hall–Kier alpha value is -2.46. The predicted octanol–water partition coefficient (Wildman–Crippen LogP) is 0.624. The fourth-order valence-corrected chi connectivity index (χ4v) is 4.11. The third kappa shape index (κ3) is 6.26. The lowest BCUT2D eigenvalue weighted by molar-refractivity contribution is -0.143. The van der Waals surface area contributed by atoms with Gasteiger partial charge in [0.2, 0.25) is 21.8 Å². The van der Waals surface area contributed by atoms with E-state index in [9.17, 15) is 22.8 Å². The third-order valence-electron chi connectivity index (χ3n) is 4.97. The number of anilines is 1. The van der Waals surface area contributed by atoms with Crippen LogP contribution < -0.4 is 4.90 Å². The molecule has 0 spiro atoms. The molecule has 1 heterocycles. The maximum atomic E-state index is 13.1. The molecular weight excluding hydrogens is 398 g/mol. The van der Waals surface area contributed by atoms with E-state index in [0.29, 0.717) is 5.69 Å². The van der Waals surface area contributed by atoms with Crippen LogP contribution in [0, 0.1) is 5.92 Å². The quantitative estimate of drug-likeness (QED) is 0.611. The van der Waals surface area contributed by atoms with Crippen LogP contribution in [-0.4, -0.2) is 80.0 Å². The monoisotopic (exact) mass is 425 g/mol. The lowest BCUT2D eigenvalue weighted by Gasteiger charge is -2.35. The molecule has 2 rings (SSSR count). The van der Waals surface area contributed by atoms with Gasteiger partial charge >= 0.3 is 5.97 Å². The Morgan fingerprint density at radius 2 is 1.69 bits per heavy atom. The van der Waals surface area contributed by atoms with Gasteiger partial charge < -0.3 is 14.9 Å². The van der Waals surface area contributed by atoms with E-state index in [1.165, 1.54) is 14.1 Å². The molecule has 1 fully saturated rings. The van der Waals surface area contributed by atoms with Crippen molar-refractivity contribution in [1.82, 2.24) is 9.21 Å². The summed E-state index contributed by atoms with van der Waals surface area (Å²) in [5.74, 6) is -2.79. The van der Waals surface area contributed by atoms with Crippen LogP contribution in [0.1, 0.15) is 19.3 Å². The van der Waals surface area contributed by atoms with Crippen LogP contribution in [0.4, 0.5) is 5.69 Å². The molecule has 0 saturated carbocycles. The number of hydrogen-bond acceptors (Lipinski definition) is 5. The first-order chi connectivity index (χ1) is 13.6. The number of amides is 2. The largest absolute Gasteiger partial charge is 0.481 e. The molecule has 1 aliphatic rings. The molecule has 1 aromatic carbocycles. The summed E-state index contributed by atoms with van der Waals surface area (Å²) in [4.78, 5) is 39.9. The number of carbonyl (C=O) groups is 3. The van der Waals surface area contributed by atoms with Crippen molar-refractivity contribution in [2.24, 2.45) is 5.92 Å². The molecular formula is C19H27N3O6S. The van der Waals surface area contributed by atoms with Crippen LogP contribution in [0.15, 0.2) is 30.3 Å². The van der Waals surface area contributed by atoms with Crippen molar-refractivity contribution >= 4 is 33.5 Å². The van der Waals surface area contributed by atoms with Crippen LogP contribution in [0.5, 0.6) is 0 Å². The SMILES string of the molecule is CN(C(=O)[C@@H](CCCC(=O)O)C(=O)N1CCN(S(C)(=O)=O)CC1)c1ccccc1. The zero-order valence-electron chi connectivity index (χ0n) is 16.7. The minimum Gasteiger partial charge on any atom is -0.481 e. The van der Waals surface area contributed by atoms with Crippen LogP contribution >= 0.6 is 0 Å². The Balaban J connectivity index is 2.13. The number of nitrogens with zero attached hydrogens (tertiary/aromatic N) is 3. The number of hydrogen-bond donors (Lipinski definition) is 1. The molecule has 1 aromatic rings. The van der Waals surface area contributed by atoms with Gasteiger partial charge in [-0.3, -0.25) is 14.4 Å². The Bertz CT molecular complexity index is 835. The van der Waals surface area contributed by atoms with E-state index in [4.69, 9.17) is 5.11 Å². The second-order valence-electron chi connectivity index (χ2n) is 7.06. The molecule has 29 heavy (non-hydrogen) atoms. The first kappa shape index (κ1) is 22.8. The van der Waals surface area contributed by atoms with Crippen LogP contribution in [0.2, 0.25) is 0 Å². The maximum Gasteiger partial charge on any atom is 0.303 e. The van der Waals surface area contributed by atoms with Gasteiger partial charge in [0, 0.05) is 45.3 Å². The van der Waals surface area contributed by atoms with Gasteiger partial charge in [0.15, 0.2) is 0 Å². The molecule has 1 saturated heterocycles. The van der Waals surface area contributed by atoms with Gasteiger partial charge in [0.05, 0.1) is 6.26 Å². The number of benzene rings is 1. The lowest BCUT2D eigenvalue weighted by Crippen LogP contribution is -2.53. The molecule has 10 heteroatoms. The van der Waals surface area contributed by atoms with Gasteiger partial charge in [-0.05, 0) is 25.0 Å². The molecule has 1 N–H and O–H groups in total. The first-order valence-corrected chi connectivity index (χ1v) is 11.2. The van der Waals surface area contributed by atoms with Crippen LogP contribution in [-0.2, 0) is 24.4 Å². The van der Waals surface area contributed by atoms with E-state index in [2.05, 4.69) is 0 Å². The molecule has 9 nitrogen and oxygen atoms in total. The number of carboxylic acid groups (broad SMARTS) is 1. The van der Waals surface area contributed by atoms with Gasteiger partial charge in [0.1, 0.15) is 5.92 Å². The maximum absolute atomic E-state index is 13.1. The van der Waals surface area contributed by atoms with Gasteiger partial charge in [-0.15, -0.1) is 0 Å². The number of carbonyl (C=O) groups excluding carboxylic acids is 2. The highest BCUT2D eigenvalue weighted by Gasteiger charge is 2.35. The normalized spacial score (nSPS) is 16.3. The molecule has 0 aromatic heterocycles. The standard InChI is InChI=1S/C19H27N3O6S/c1-20(15-7-4-3-5-8-15)18(25)16(9-6-10-17(23)24)19(26)21-11-13-22(14-12-21)29(2,27)28/h3-5,7-8,16H,6,9-14H2,1-2H3,(H,23,24)/t16-/m1/s1. The number of piperazine rings is 1. The number of rotatable bonds is 8. The fourth-order valence-electron chi connectivity index (χ4n) is 3.28. The Morgan fingerprint density at radius 1 is 1.10 bits per heavy atom. The molecule has 1 aliphatic heterocycles. The summed E-state index contributed by atoms with van der Waals surface area (Å²) in [5.41, 5.74) is 0.635. The lowest BCUT2D eigenvalue weighted by atomic mass is 9.97. The summed E-state index contributed by atoms with van der Waals surface area (Å²) >= 11 is 0. The average Bonchev–Trinajstić information content (AvgIpc) is 2.69. The van der Waals surface area contributed by atoms with E-state index in [-0.39, 0.29) is 45.4 Å². The highest BCUT2D eigenvalue weighted by atomic mass is 32.2. The van der Waals surface area contributed by atoms with Crippen molar-refractivity contribution in [2.75, 3.05) is 44.4 Å². The van der Waals surface area contributed by atoms with Crippen molar-refractivity contribution in [3.05, 3.63) is 30.3 Å². The van der Waals surface area contributed by atoms with Gasteiger partial charge in [-0.1, -0.05) is 18.2 Å². The molecule has 160 valence electrons. The van der Waals surface area contributed by atoms with Crippen molar-refractivity contribution < 1.29 is 27.9 Å². The number of sulfonamides is 1. The predicted molar refractivity (Wildman–Crippen MR) is 108 cm³/mol. The Labute approximate surface area is 170 Å². The second kappa shape index (κ2) is 9.84. The highest BCUT2D eigenvalue weighted by Crippen LogP contribution is 2.21. The zero-order valence-corrected chi connectivity index (χ0v) is 17.5. The molecule has 0 unspecified atom stereocenters. The minimum absolute atomic E-state index is 0.118. The zero-order chi connectivity index (χ0) is 21.6. The topological polar surface area (TPSA) is 115 Å². The van der Waals surface area contributed by atoms with E-state index in [0.717, 1.165) is 6.26 Å². The van der Waals surface area contributed by atoms with Crippen molar-refractivity contribution in [2.45, 2.75) is 19.3 Å². The fraction of sp³-hybridized carbons (Fsp3) is 0.526. The summed E-state index contributed by atoms with van der Waals surface area (Å²) in [6.07, 6.45) is 1.31. The van der Waals surface area contributed by atoms with Crippen LogP contribution in [0.25, 0.3) is 0 Å². The van der Waals surface area contributed by atoms with E-state index in [1.807, 2.05) is 6.07 Å². The van der Waals surface area contributed by atoms with Crippen LogP contribution in [0.3, 0.4) is 0 Å². The molecule has 0 aliphatic carbocycles. The third-order valence-corrected chi connectivity index (χ3v) is 6.28. The van der Waals surface area contributed by atoms with E-state index in [1.54, 1.807) is 31.3 Å². The summed E-state index contributed by atoms with van der Waals surface area (Å²) in [6, 6.07) is 8.89. The number of aliphatic carboxylic acids is 1. The Kier molecular flexibility index (Phi) is 7.74. The summed E-state index contributed by atoms with van der Waals surface area (Å²) < 4.78 is 24.6. The van der Waals surface area contributed by atoms with Crippen molar-refractivity contribution in [1.29, 1.82) is 0 Å². The van der Waals surface area contributed by atoms with Gasteiger partial charge in [0.25, 0.3) is 0 Å². The van der Waals surface area contributed by atoms with E-state index >= 15 is 0 Å². The molecule has 2 amide bonds. The highest BCUT2D eigenvalue weighted by molar-refractivity contribution is 7.88. The summed E-state index contributed by atoms with van der Waals surface area (Å²) in [6.45, 7) is 0.748. The second-order valence-corrected chi connectivity index (χ2v) is 9.04. The van der Waals surface area contributed by atoms with Crippen molar-refractivity contribution in [3.63, 3.8) is 0 Å². The molecule has 1 atom stereocenters. The van der Waals surface area contributed by atoms with E-state index < -0.39 is 33.7 Å². The minimum atomic E-state index is -3.33. The van der Waals surface area contributed by atoms with Gasteiger partial charge in [-0.25, -0.2) is 8.42 Å². The number of para-hydroxylation sites is 1. The average molecular weight is 426 g/mol. The summed E-state index contributed by atoms with van der Waals surface area (Å²) in [5, 5.41) is 8.89. The number of carboxylic acids is 1. The molecule has 0 bridgehead atoms. The summed E-state index contributed by atoms with van der Waals surface area (Å²) in [7, 11) is -1.75. The van der Waals surface area contributed by atoms with Gasteiger partial charge in [-0.2, -0.15) is 4.31 Å². The Morgan fingerprint density at radius 3 is 2.21 bits per heavy atom.